The molecule has 3 aromatic carbocycles. The van der Waals surface area contributed by atoms with Gasteiger partial charge in [-0.05, 0) is 42.8 Å². The predicted octanol–water partition coefficient (Wildman–Crippen LogP) is 4.03. The number of hydrogen-bond acceptors (Lipinski definition) is 5. The lowest BCUT2D eigenvalue weighted by Gasteiger charge is -2.20. The van der Waals surface area contributed by atoms with E-state index >= 15 is 0 Å². The Morgan fingerprint density at radius 3 is 2.31 bits per heavy atom. The molecule has 4 rings (SSSR count). The topological polar surface area (TPSA) is 79.5 Å². The quantitative estimate of drug-likeness (QED) is 0.348. The molecule has 7 nitrogen and oxygen atoms in total. The van der Waals surface area contributed by atoms with Crippen LogP contribution in [-0.4, -0.2) is 43.3 Å². The van der Waals surface area contributed by atoms with E-state index in [0.717, 1.165) is 6.26 Å². The van der Waals surface area contributed by atoms with Crippen LogP contribution in [0.3, 0.4) is 0 Å². The van der Waals surface area contributed by atoms with Crippen molar-refractivity contribution in [1.29, 1.82) is 0 Å². The molecule has 184 valence electrons. The largest absolute Gasteiger partial charge is 0.493 e. The minimum Gasteiger partial charge on any atom is -0.493 e. The summed E-state index contributed by atoms with van der Waals surface area (Å²) in [7, 11) is -1.98. The first-order chi connectivity index (χ1) is 16.7. The van der Waals surface area contributed by atoms with Crippen molar-refractivity contribution < 1.29 is 22.3 Å². The van der Waals surface area contributed by atoms with Crippen LogP contribution in [-0.2, 0) is 16.4 Å². The second kappa shape index (κ2) is 9.95. The summed E-state index contributed by atoms with van der Waals surface area (Å²) in [5.41, 5.74) is 1.64. The highest BCUT2D eigenvalue weighted by molar-refractivity contribution is 7.90. The van der Waals surface area contributed by atoms with Crippen molar-refractivity contribution in [2.45, 2.75) is 19.5 Å². The first kappa shape index (κ1) is 24.5. The molecule has 0 fully saturated rings. The van der Waals surface area contributed by atoms with E-state index in [2.05, 4.69) is 0 Å². The van der Waals surface area contributed by atoms with Gasteiger partial charge in [-0.2, -0.15) is 0 Å². The number of halogens is 1. The molecular weight excluding hydrogens is 471 g/mol. The molecule has 9 heteroatoms. The first-order valence-corrected chi connectivity index (χ1v) is 13.2. The van der Waals surface area contributed by atoms with Gasteiger partial charge in [-0.15, -0.1) is 0 Å². The normalized spacial score (nSPS) is 12.6. The molecule has 0 unspecified atom stereocenters. The van der Waals surface area contributed by atoms with Gasteiger partial charge in [0, 0.05) is 11.8 Å². The first-order valence-electron chi connectivity index (χ1n) is 11.1. The van der Waals surface area contributed by atoms with E-state index in [4.69, 9.17) is 9.47 Å². The second-order valence-electron chi connectivity index (χ2n) is 8.27. The summed E-state index contributed by atoms with van der Waals surface area (Å²) in [5, 5.41) is 0. The number of sulfone groups is 1. The number of hydrogen-bond donors (Lipinski definition) is 0. The number of aromatic nitrogens is 2. The Labute approximate surface area is 203 Å². The molecular formula is C26H27FN2O5S. The fraction of sp³-hybridized carbons (Fsp3) is 0.269. The molecule has 0 saturated carbocycles. The van der Waals surface area contributed by atoms with Crippen molar-refractivity contribution in [2.24, 2.45) is 0 Å². The number of nitrogens with zero attached hydrogens (tertiary/aromatic N) is 2. The summed E-state index contributed by atoms with van der Waals surface area (Å²) in [5.74, 6) is 0.232. The van der Waals surface area contributed by atoms with Gasteiger partial charge in [0.15, 0.2) is 11.5 Å². The molecule has 1 heterocycles. The molecule has 0 aliphatic heterocycles. The van der Waals surface area contributed by atoms with Gasteiger partial charge in [0.2, 0.25) is 0 Å². The molecule has 0 saturated heterocycles. The summed E-state index contributed by atoms with van der Waals surface area (Å²) in [6, 6.07) is 17.7. The van der Waals surface area contributed by atoms with E-state index in [1.165, 1.54) is 22.3 Å². The second-order valence-corrected chi connectivity index (χ2v) is 10.5. The van der Waals surface area contributed by atoms with E-state index < -0.39 is 27.4 Å². The Morgan fingerprint density at radius 2 is 1.66 bits per heavy atom. The van der Waals surface area contributed by atoms with Gasteiger partial charge in [0.05, 0.1) is 43.1 Å². The number of ether oxygens (including phenoxy) is 2. The zero-order chi connectivity index (χ0) is 25.2. The third kappa shape index (κ3) is 5.09. The summed E-state index contributed by atoms with van der Waals surface area (Å²) in [4.78, 5) is 13.8. The zero-order valence-electron chi connectivity index (χ0n) is 19.8. The van der Waals surface area contributed by atoms with Crippen LogP contribution in [0, 0.1) is 5.82 Å². The van der Waals surface area contributed by atoms with Gasteiger partial charge in [-0.25, -0.2) is 17.6 Å². The Kier molecular flexibility index (Phi) is 6.98. The highest BCUT2D eigenvalue weighted by Crippen LogP contribution is 2.33. The highest BCUT2D eigenvalue weighted by Gasteiger charge is 2.26. The van der Waals surface area contributed by atoms with Crippen LogP contribution in [0.25, 0.3) is 11.0 Å². The number of para-hydroxylation sites is 2. The Hall–Kier alpha value is -3.59. The molecule has 4 aromatic rings. The van der Waals surface area contributed by atoms with Gasteiger partial charge < -0.3 is 9.47 Å². The van der Waals surface area contributed by atoms with E-state index in [-0.39, 0.29) is 12.3 Å². The van der Waals surface area contributed by atoms with Crippen molar-refractivity contribution in [2.75, 3.05) is 25.7 Å². The van der Waals surface area contributed by atoms with Crippen molar-refractivity contribution in [3.05, 3.63) is 94.2 Å². The summed E-state index contributed by atoms with van der Waals surface area (Å²) in [6.45, 7) is 2.23. The molecule has 35 heavy (non-hydrogen) atoms. The third-order valence-electron chi connectivity index (χ3n) is 5.80. The van der Waals surface area contributed by atoms with Crippen molar-refractivity contribution in [3.8, 4) is 11.5 Å². The minimum atomic E-state index is -3.50. The summed E-state index contributed by atoms with van der Waals surface area (Å²) in [6.07, 6.45) is 1.14. The lowest BCUT2D eigenvalue weighted by molar-refractivity contribution is 0.310. The fourth-order valence-electron chi connectivity index (χ4n) is 4.26. The van der Waals surface area contributed by atoms with E-state index in [1.54, 1.807) is 60.7 Å². The molecule has 1 atom stereocenters. The van der Waals surface area contributed by atoms with Crippen LogP contribution in [0.15, 0.2) is 71.5 Å². The van der Waals surface area contributed by atoms with E-state index in [1.807, 2.05) is 6.92 Å². The number of benzene rings is 3. The van der Waals surface area contributed by atoms with Crippen molar-refractivity contribution >= 4 is 20.9 Å². The molecule has 0 aliphatic carbocycles. The molecule has 0 radical (unpaired) electrons. The van der Waals surface area contributed by atoms with Gasteiger partial charge in [0.25, 0.3) is 0 Å². The van der Waals surface area contributed by atoms with Crippen LogP contribution >= 0.6 is 0 Å². The molecule has 0 amide bonds. The average Bonchev–Trinajstić information content (AvgIpc) is 3.10. The maximum Gasteiger partial charge on any atom is 0.330 e. The Bertz CT molecular complexity index is 1520. The summed E-state index contributed by atoms with van der Waals surface area (Å²) >= 11 is 0. The van der Waals surface area contributed by atoms with Gasteiger partial charge in [-0.3, -0.25) is 9.13 Å². The zero-order valence-corrected chi connectivity index (χ0v) is 20.6. The smallest absolute Gasteiger partial charge is 0.330 e. The monoisotopic (exact) mass is 498 g/mol. The van der Waals surface area contributed by atoms with Crippen molar-refractivity contribution in [1.82, 2.24) is 9.13 Å². The van der Waals surface area contributed by atoms with E-state index in [0.29, 0.717) is 40.3 Å². The summed E-state index contributed by atoms with van der Waals surface area (Å²) < 4.78 is 53.4. The maximum atomic E-state index is 14.4. The Morgan fingerprint density at radius 1 is 0.971 bits per heavy atom. The van der Waals surface area contributed by atoms with Crippen molar-refractivity contribution in [3.63, 3.8) is 0 Å². The third-order valence-corrected chi connectivity index (χ3v) is 6.72. The lowest BCUT2D eigenvalue weighted by Crippen LogP contribution is -2.32. The number of fused-ring (bicyclic) bond motifs is 1. The maximum absolute atomic E-state index is 14.4. The van der Waals surface area contributed by atoms with Gasteiger partial charge in [-0.1, -0.05) is 36.4 Å². The molecule has 0 aliphatic rings. The van der Waals surface area contributed by atoms with Gasteiger partial charge >= 0.3 is 5.69 Å². The number of imidazole rings is 1. The predicted molar refractivity (Wildman–Crippen MR) is 134 cm³/mol. The minimum absolute atomic E-state index is 0.0113. The molecule has 0 spiro atoms. The SMILES string of the molecule is CCOc1cc([C@@H](CS(C)(=O)=O)n2c(=O)n(Cc3ccccc3F)c3ccccc32)ccc1OC. The Balaban J connectivity index is 1.95. The highest BCUT2D eigenvalue weighted by atomic mass is 32.2. The van der Waals surface area contributed by atoms with Crippen LogP contribution in [0.4, 0.5) is 4.39 Å². The fourth-order valence-corrected chi connectivity index (χ4v) is 5.17. The molecule has 1 aromatic heterocycles. The van der Waals surface area contributed by atoms with Crippen LogP contribution in [0.1, 0.15) is 24.1 Å². The van der Waals surface area contributed by atoms with Crippen LogP contribution in [0.5, 0.6) is 11.5 Å². The number of methoxy groups -OCH3 is 1. The average molecular weight is 499 g/mol. The lowest BCUT2D eigenvalue weighted by atomic mass is 10.1. The van der Waals surface area contributed by atoms with Crippen LogP contribution < -0.4 is 15.2 Å². The molecule has 0 bridgehead atoms. The number of rotatable bonds is 9. The van der Waals surface area contributed by atoms with E-state index in [9.17, 15) is 17.6 Å². The standard InChI is InChI=1S/C26H27FN2O5S/c1-4-34-25-15-18(13-14-24(25)33-2)23(17-35(3,31)32)29-22-12-8-7-11-21(22)28(26(29)30)16-19-9-5-6-10-20(19)27/h5-15,23H,4,16-17H2,1-3H3/t23-/m1/s1. The van der Waals surface area contributed by atoms with Crippen LogP contribution in [0.2, 0.25) is 0 Å². The molecule has 0 N–H and O–H groups in total. The van der Waals surface area contributed by atoms with Gasteiger partial charge in [0.1, 0.15) is 15.7 Å².